The Morgan fingerprint density at radius 2 is 2.00 bits per heavy atom. The second-order valence-corrected chi connectivity index (χ2v) is 4.41. The summed E-state index contributed by atoms with van der Waals surface area (Å²) in [5.74, 6) is 0.847. The van der Waals surface area contributed by atoms with E-state index < -0.39 is 0 Å². The zero-order chi connectivity index (χ0) is 12.8. The van der Waals surface area contributed by atoms with Gasteiger partial charge in [0.25, 0.3) is 0 Å². The average molecular weight is 245 g/mol. The largest absolute Gasteiger partial charge is 0.491 e. The van der Waals surface area contributed by atoms with Crippen LogP contribution in [0.15, 0.2) is 30.3 Å². The highest BCUT2D eigenvalue weighted by Gasteiger charge is 2.03. The molecule has 3 nitrogen and oxygen atoms in total. The highest BCUT2D eigenvalue weighted by atomic mass is 16.5. The molecule has 1 aromatic heterocycles. The van der Waals surface area contributed by atoms with E-state index in [1.807, 2.05) is 31.2 Å². The number of fused-ring (bicyclic) bond motifs is 1. The van der Waals surface area contributed by atoms with E-state index >= 15 is 0 Å². The number of pyridine rings is 1. The van der Waals surface area contributed by atoms with Crippen LogP contribution in [0.3, 0.4) is 0 Å². The van der Waals surface area contributed by atoms with E-state index in [0.29, 0.717) is 6.61 Å². The molecule has 0 aliphatic heterocycles. The molecule has 0 fully saturated rings. The predicted molar refractivity (Wildman–Crippen MR) is 72.9 cm³/mol. The number of hydrogen-bond donors (Lipinski definition) is 1. The van der Waals surface area contributed by atoms with Crippen molar-refractivity contribution in [3.8, 4) is 5.75 Å². The van der Waals surface area contributed by atoms with Gasteiger partial charge in [0.2, 0.25) is 0 Å². The Balaban J connectivity index is 2.05. The van der Waals surface area contributed by atoms with Crippen LogP contribution >= 0.6 is 0 Å². The number of aliphatic hydroxyl groups excluding tert-OH is 1. The molecule has 0 bridgehead atoms. The lowest BCUT2D eigenvalue weighted by Gasteiger charge is -2.09. The van der Waals surface area contributed by atoms with Crippen LogP contribution in [0.5, 0.6) is 5.75 Å². The van der Waals surface area contributed by atoms with Gasteiger partial charge in [0.1, 0.15) is 11.3 Å². The van der Waals surface area contributed by atoms with E-state index in [1.165, 1.54) is 0 Å². The zero-order valence-corrected chi connectivity index (χ0v) is 10.7. The topological polar surface area (TPSA) is 42.4 Å². The summed E-state index contributed by atoms with van der Waals surface area (Å²) < 4.78 is 5.78. The maximum absolute atomic E-state index is 8.70. The predicted octanol–water partition coefficient (Wildman–Crippen LogP) is 3.08. The molecule has 1 N–H and O–H groups in total. The third kappa shape index (κ3) is 3.20. The Bertz CT molecular complexity index is 511. The summed E-state index contributed by atoms with van der Waals surface area (Å²) in [6.07, 6.45) is 2.80. The molecule has 2 aromatic rings. The highest BCUT2D eigenvalue weighted by Crippen LogP contribution is 2.24. The van der Waals surface area contributed by atoms with Gasteiger partial charge in [-0.1, -0.05) is 18.2 Å². The molecule has 96 valence electrons. The van der Waals surface area contributed by atoms with E-state index in [-0.39, 0.29) is 6.61 Å². The second-order valence-electron chi connectivity index (χ2n) is 4.41. The first-order valence-corrected chi connectivity index (χ1v) is 6.41. The van der Waals surface area contributed by atoms with E-state index in [0.717, 1.165) is 41.6 Å². The minimum Gasteiger partial charge on any atom is -0.491 e. The van der Waals surface area contributed by atoms with E-state index in [2.05, 4.69) is 11.1 Å². The summed E-state index contributed by atoms with van der Waals surface area (Å²) in [6, 6.07) is 10.1. The van der Waals surface area contributed by atoms with Gasteiger partial charge in [-0.2, -0.15) is 0 Å². The molecule has 0 spiro atoms. The lowest BCUT2D eigenvalue weighted by atomic mass is 10.2. The van der Waals surface area contributed by atoms with Gasteiger partial charge in [0.05, 0.1) is 6.61 Å². The molecule has 18 heavy (non-hydrogen) atoms. The first-order valence-electron chi connectivity index (χ1n) is 6.41. The SMILES string of the molecule is Cc1ccc2cccc(OCCCCCO)c2n1. The zero-order valence-electron chi connectivity index (χ0n) is 10.7. The van der Waals surface area contributed by atoms with Crippen LogP contribution in [0.4, 0.5) is 0 Å². The Labute approximate surface area is 107 Å². The van der Waals surface area contributed by atoms with Gasteiger partial charge in [-0.25, -0.2) is 4.98 Å². The van der Waals surface area contributed by atoms with Crippen molar-refractivity contribution >= 4 is 10.9 Å². The molecule has 1 heterocycles. The third-order valence-electron chi connectivity index (χ3n) is 2.88. The number of para-hydroxylation sites is 1. The van der Waals surface area contributed by atoms with E-state index in [1.54, 1.807) is 0 Å². The fourth-order valence-corrected chi connectivity index (χ4v) is 1.91. The molecule has 0 saturated heterocycles. The summed E-state index contributed by atoms with van der Waals surface area (Å²) in [6.45, 7) is 2.92. The van der Waals surface area contributed by atoms with Crippen LogP contribution in [0.1, 0.15) is 25.0 Å². The molecule has 0 saturated carbocycles. The van der Waals surface area contributed by atoms with Crippen molar-refractivity contribution in [1.29, 1.82) is 0 Å². The fourth-order valence-electron chi connectivity index (χ4n) is 1.91. The van der Waals surface area contributed by atoms with Crippen molar-refractivity contribution in [3.05, 3.63) is 36.0 Å². The Morgan fingerprint density at radius 1 is 1.11 bits per heavy atom. The molecule has 0 atom stereocenters. The first kappa shape index (κ1) is 12.8. The summed E-state index contributed by atoms with van der Waals surface area (Å²) in [4.78, 5) is 4.53. The van der Waals surface area contributed by atoms with Gasteiger partial charge in [-0.05, 0) is 38.3 Å². The van der Waals surface area contributed by atoms with Gasteiger partial charge in [0, 0.05) is 17.7 Å². The summed E-state index contributed by atoms with van der Waals surface area (Å²) in [7, 11) is 0. The van der Waals surface area contributed by atoms with Gasteiger partial charge >= 0.3 is 0 Å². The van der Waals surface area contributed by atoms with Gasteiger partial charge in [-0.15, -0.1) is 0 Å². The maximum Gasteiger partial charge on any atom is 0.145 e. The number of hydrogen-bond acceptors (Lipinski definition) is 3. The van der Waals surface area contributed by atoms with Crippen LogP contribution in [0.2, 0.25) is 0 Å². The first-order chi connectivity index (χ1) is 8.81. The number of benzene rings is 1. The fraction of sp³-hybridized carbons (Fsp3) is 0.400. The molecular formula is C15H19NO2. The van der Waals surface area contributed by atoms with Crippen molar-refractivity contribution in [2.75, 3.05) is 13.2 Å². The molecule has 0 unspecified atom stereocenters. The summed E-state index contributed by atoms with van der Waals surface area (Å²) in [5, 5.41) is 9.81. The smallest absolute Gasteiger partial charge is 0.145 e. The normalized spacial score (nSPS) is 10.8. The van der Waals surface area contributed by atoms with Crippen molar-refractivity contribution in [1.82, 2.24) is 4.98 Å². The lowest BCUT2D eigenvalue weighted by Crippen LogP contribution is -1.99. The van der Waals surface area contributed by atoms with Crippen molar-refractivity contribution < 1.29 is 9.84 Å². The molecular weight excluding hydrogens is 226 g/mol. The number of aliphatic hydroxyl groups is 1. The van der Waals surface area contributed by atoms with Crippen LogP contribution in [-0.2, 0) is 0 Å². The van der Waals surface area contributed by atoms with Crippen LogP contribution in [0, 0.1) is 6.92 Å². The molecule has 2 rings (SSSR count). The minimum absolute atomic E-state index is 0.259. The van der Waals surface area contributed by atoms with Gasteiger partial charge in [0.15, 0.2) is 0 Å². The van der Waals surface area contributed by atoms with Gasteiger partial charge in [-0.3, -0.25) is 0 Å². The van der Waals surface area contributed by atoms with Crippen LogP contribution in [0.25, 0.3) is 10.9 Å². The summed E-state index contributed by atoms with van der Waals surface area (Å²) in [5.41, 5.74) is 1.93. The van der Waals surface area contributed by atoms with Gasteiger partial charge < -0.3 is 9.84 Å². The molecule has 0 aliphatic carbocycles. The van der Waals surface area contributed by atoms with E-state index in [4.69, 9.17) is 9.84 Å². The number of aryl methyl sites for hydroxylation is 1. The van der Waals surface area contributed by atoms with Crippen molar-refractivity contribution in [2.24, 2.45) is 0 Å². The number of ether oxygens (including phenoxy) is 1. The minimum atomic E-state index is 0.259. The Kier molecular flexibility index (Phi) is 4.53. The average Bonchev–Trinajstić information content (AvgIpc) is 2.39. The van der Waals surface area contributed by atoms with Crippen LogP contribution < -0.4 is 4.74 Å². The molecule has 3 heteroatoms. The maximum atomic E-state index is 8.70. The Morgan fingerprint density at radius 3 is 2.83 bits per heavy atom. The quantitative estimate of drug-likeness (QED) is 0.795. The number of nitrogens with zero attached hydrogens (tertiary/aromatic N) is 1. The molecule has 1 aromatic carbocycles. The van der Waals surface area contributed by atoms with Crippen molar-refractivity contribution in [3.63, 3.8) is 0 Å². The van der Waals surface area contributed by atoms with Crippen molar-refractivity contribution in [2.45, 2.75) is 26.2 Å². The third-order valence-corrected chi connectivity index (χ3v) is 2.88. The highest BCUT2D eigenvalue weighted by molar-refractivity contribution is 5.84. The molecule has 0 amide bonds. The number of rotatable bonds is 6. The summed E-state index contributed by atoms with van der Waals surface area (Å²) >= 11 is 0. The molecule has 0 radical (unpaired) electrons. The second kappa shape index (κ2) is 6.36. The molecule has 0 aliphatic rings. The lowest BCUT2D eigenvalue weighted by molar-refractivity contribution is 0.267. The standard InChI is InChI=1S/C15H19NO2/c1-12-8-9-13-6-5-7-14(15(13)16-12)18-11-4-2-3-10-17/h5-9,17H,2-4,10-11H2,1H3. The van der Waals surface area contributed by atoms with E-state index in [9.17, 15) is 0 Å². The Hall–Kier alpha value is -1.61. The van der Waals surface area contributed by atoms with Crippen LogP contribution in [-0.4, -0.2) is 23.3 Å². The monoisotopic (exact) mass is 245 g/mol. The number of unbranched alkanes of at least 4 members (excludes halogenated alkanes) is 2. The number of aromatic nitrogens is 1.